The van der Waals surface area contributed by atoms with Gasteiger partial charge in [0.1, 0.15) is 17.0 Å². The normalized spacial score (nSPS) is 16.3. The number of nitrogens with zero attached hydrogens (tertiary/aromatic N) is 1. The summed E-state index contributed by atoms with van der Waals surface area (Å²) in [6.45, 7) is 5.36. The van der Waals surface area contributed by atoms with E-state index < -0.39 is 23.4 Å². The SMILES string of the molecule is CC(C)(C)OC(=O)NC1(Oc2ccc(C(=O)O)nc2)CCC1. The van der Waals surface area contributed by atoms with Gasteiger partial charge in [-0.05, 0) is 39.3 Å². The van der Waals surface area contributed by atoms with Crippen molar-refractivity contribution in [2.45, 2.75) is 51.4 Å². The van der Waals surface area contributed by atoms with Crippen molar-refractivity contribution >= 4 is 12.1 Å². The first-order valence-electron chi connectivity index (χ1n) is 7.09. The van der Waals surface area contributed by atoms with Gasteiger partial charge in [0.05, 0.1) is 6.20 Å². The van der Waals surface area contributed by atoms with Crippen molar-refractivity contribution in [1.82, 2.24) is 10.3 Å². The molecule has 1 fully saturated rings. The summed E-state index contributed by atoms with van der Waals surface area (Å²) in [7, 11) is 0. The summed E-state index contributed by atoms with van der Waals surface area (Å²) in [4.78, 5) is 26.5. The highest BCUT2D eigenvalue weighted by Gasteiger charge is 2.42. The van der Waals surface area contributed by atoms with Crippen molar-refractivity contribution in [2.75, 3.05) is 0 Å². The molecule has 0 unspecified atom stereocenters. The Kier molecular flexibility index (Phi) is 4.25. The Hall–Kier alpha value is -2.31. The lowest BCUT2D eigenvalue weighted by atomic mass is 9.88. The molecule has 1 aromatic rings. The number of amides is 1. The molecule has 0 saturated heterocycles. The molecular weight excluding hydrogens is 288 g/mol. The first kappa shape index (κ1) is 16.1. The molecule has 0 aliphatic heterocycles. The molecule has 22 heavy (non-hydrogen) atoms. The lowest BCUT2D eigenvalue weighted by Crippen LogP contribution is -2.58. The van der Waals surface area contributed by atoms with E-state index in [1.54, 1.807) is 20.8 Å². The second kappa shape index (κ2) is 5.82. The van der Waals surface area contributed by atoms with Crippen LogP contribution in [-0.2, 0) is 4.74 Å². The number of carbonyl (C=O) groups is 2. The van der Waals surface area contributed by atoms with Gasteiger partial charge in [0.25, 0.3) is 0 Å². The summed E-state index contributed by atoms with van der Waals surface area (Å²) in [5, 5.41) is 11.6. The summed E-state index contributed by atoms with van der Waals surface area (Å²) in [6, 6.07) is 2.88. The Morgan fingerprint density at radius 2 is 2.00 bits per heavy atom. The molecule has 0 radical (unpaired) electrons. The number of hydrogen-bond donors (Lipinski definition) is 2. The highest BCUT2D eigenvalue weighted by atomic mass is 16.6. The Morgan fingerprint density at radius 1 is 1.32 bits per heavy atom. The third kappa shape index (κ3) is 4.09. The second-order valence-electron chi connectivity index (χ2n) is 6.26. The largest absolute Gasteiger partial charge is 0.477 e. The lowest BCUT2D eigenvalue weighted by molar-refractivity contribution is -0.0460. The lowest BCUT2D eigenvalue weighted by Gasteiger charge is -2.42. The number of ether oxygens (including phenoxy) is 2. The quantitative estimate of drug-likeness (QED) is 0.830. The minimum absolute atomic E-state index is 0.0601. The van der Waals surface area contributed by atoms with Gasteiger partial charge in [-0.15, -0.1) is 0 Å². The number of hydrogen-bond acceptors (Lipinski definition) is 5. The van der Waals surface area contributed by atoms with Gasteiger partial charge in [-0.2, -0.15) is 0 Å². The van der Waals surface area contributed by atoms with E-state index in [0.717, 1.165) is 6.42 Å². The van der Waals surface area contributed by atoms with Crippen LogP contribution in [0.25, 0.3) is 0 Å². The molecule has 1 amide bonds. The van der Waals surface area contributed by atoms with Crippen LogP contribution in [0.5, 0.6) is 5.75 Å². The van der Waals surface area contributed by atoms with Crippen molar-refractivity contribution in [3.63, 3.8) is 0 Å². The van der Waals surface area contributed by atoms with Crippen LogP contribution >= 0.6 is 0 Å². The van der Waals surface area contributed by atoms with Crippen molar-refractivity contribution in [3.8, 4) is 5.75 Å². The van der Waals surface area contributed by atoms with Crippen LogP contribution in [0.3, 0.4) is 0 Å². The number of alkyl carbamates (subject to hydrolysis) is 1. The van der Waals surface area contributed by atoms with Crippen LogP contribution in [0.4, 0.5) is 4.79 Å². The molecular formula is C15H20N2O5. The fourth-order valence-corrected chi connectivity index (χ4v) is 2.03. The number of pyridine rings is 1. The Labute approximate surface area is 128 Å². The Morgan fingerprint density at radius 3 is 2.41 bits per heavy atom. The van der Waals surface area contributed by atoms with E-state index in [1.807, 2.05) is 0 Å². The molecule has 7 nitrogen and oxygen atoms in total. The van der Waals surface area contributed by atoms with Crippen molar-refractivity contribution in [3.05, 3.63) is 24.0 Å². The second-order valence-corrected chi connectivity index (χ2v) is 6.26. The molecule has 1 aromatic heterocycles. The van der Waals surface area contributed by atoms with Gasteiger partial charge in [-0.25, -0.2) is 14.6 Å². The molecule has 0 bridgehead atoms. The zero-order valence-electron chi connectivity index (χ0n) is 12.9. The molecule has 120 valence electrons. The number of carboxylic acids is 1. The molecule has 7 heteroatoms. The topological polar surface area (TPSA) is 97.8 Å². The third-order valence-corrected chi connectivity index (χ3v) is 3.16. The summed E-state index contributed by atoms with van der Waals surface area (Å²) in [5.41, 5.74) is -1.45. The first-order valence-corrected chi connectivity index (χ1v) is 7.09. The van der Waals surface area contributed by atoms with Crippen LogP contribution in [0.1, 0.15) is 50.5 Å². The molecule has 0 atom stereocenters. The fourth-order valence-electron chi connectivity index (χ4n) is 2.03. The van der Waals surface area contributed by atoms with Crippen LogP contribution < -0.4 is 10.1 Å². The summed E-state index contributed by atoms with van der Waals surface area (Å²) in [5.74, 6) is -0.697. The van der Waals surface area contributed by atoms with Crippen LogP contribution in [0.2, 0.25) is 0 Å². The molecule has 1 aliphatic rings. The van der Waals surface area contributed by atoms with Gasteiger partial charge < -0.3 is 14.6 Å². The van der Waals surface area contributed by atoms with Crippen LogP contribution in [0.15, 0.2) is 18.3 Å². The summed E-state index contributed by atoms with van der Waals surface area (Å²) in [6.07, 6.45) is 3.04. The Bertz CT molecular complexity index is 558. The number of aromatic carboxylic acids is 1. The van der Waals surface area contributed by atoms with Gasteiger partial charge in [0, 0.05) is 12.8 Å². The third-order valence-electron chi connectivity index (χ3n) is 3.16. The van der Waals surface area contributed by atoms with Crippen molar-refractivity contribution < 1.29 is 24.2 Å². The van der Waals surface area contributed by atoms with E-state index in [9.17, 15) is 9.59 Å². The standard InChI is InChI=1S/C15H20N2O5/c1-14(2,3)22-13(20)17-15(7-4-8-15)21-10-5-6-11(12(18)19)16-9-10/h5-6,9H,4,7-8H2,1-3H3,(H,17,20)(H,18,19). The number of rotatable bonds is 4. The highest BCUT2D eigenvalue weighted by Crippen LogP contribution is 2.34. The van der Waals surface area contributed by atoms with Gasteiger partial charge in [-0.1, -0.05) is 0 Å². The van der Waals surface area contributed by atoms with E-state index in [2.05, 4.69) is 10.3 Å². The summed E-state index contributed by atoms with van der Waals surface area (Å²) >= 11 is 0. The fraction of sp³-hybridized carbons (Fsp3) is 0.533. The van der Waals surface area contributed by atoms with Gasteiger partial charge in [-0.3, -0.25) is 5.32 Å². The minimum atomic E-state index is -1.10. The molecule has 2 N–H and O–H groups in total. The first-order chi connectivity index (χ1) is 10.2. The van der Waals surface area contributed by atoms with Crippen LogP contribution in [0, 0.1) is 0 Å². The van der Waals surface area contributed by atoms with Crippen molar-refractivity contribution in [1.29, 1.82) is 0 Å². The maximum atomic E-state index is 11.9. The maximum Gasteiger partial charge on any atom is 0.410 e. The monoisotopic (exact) mass is 308 g/mol. The minimum Gasteiger partial charge on any atom is -0.477 e. The predicted octanol–water partition coefficient (Wildman–Crippen LogP) is 2.56. The molecule has 1 saturated carbocycles. The average Bonchev–Trinajstić information content (AvgIpc) is 2.34. The van der Waals surface area contributed by atoms with Crippen LogP contribution in [-0.4, -0.2) is 33.5 Å². The maximum absolute atomic E-state index is 11.9. The molecule has 2 rings (SSSR count). The van der Waals surface area contributed by atoms with Crippen molar-refractivity contribution in [2.24, 2.45) is 0 Å². The smallest absolute Gasteiger partial charge is 0.410 e. The van der Waals surface area contributed by atoms with E-state index in [0.29, 0.717) is 18.6 Å². The molecule has 0 spiro atoms. The predicted molar refractivity (Wildman–Crippen MR) is 77.8 cm³/mol. The number of aromatic nitrogens is 1. The van der Waals surface area contributed by atoms with E-state index in [4.69, 9.17) is 14.6 Å². The van der Waals surface area contributed by atoms with E-state index >= 15 is 0 Å². The molecule has 1 heterocycles. The number of nitrogens with one attached hydrogen (secondary N) is 1. The average molecular weight is 308 g/mol. The number of carboxylic acid groups (broad SMARTS) is 1. The van der Waals surface area contributed by atoms with Gasteiger partial charge in [0.2, 0.25) is 0 Å². The summed E-state index contributed by atoms with van der Waals surface area (Å²) < 4.78 is 11.0. The molecule has 0 aromatic carbocycles. The highest BCUT2D eigenvalue weighted by molar-refractivity contribution is 5.85. The zero-order valence-corrected chi connectivity index (χ0v) is 12.9. The number of carbonyl (C=O) groups excluding carboxylic acids is 1. The van der Waals surface area contributed by atoms with E-state index in [-0.39, 0.29) is 5.69 Å². The zero-order chi connectivity index (χ0) is 16.4. The van der Waals surface area contributed by atoms with E-state index in [1.165, 1.54) is 18.3 Å². The van der Waals surface area contributed by atoms with Gasteiger partial charge in [0.15, 0.2) is 5.72 Å². The Balaban J connectivity index is 2.01. The molecule has 1 aliphatic carbocycles. The van der Waals surface area contributed by atoms with Gasteiger partial charge >= 0.3 is 12.1 Å².